The lowest BCUT2D eigenvalue weighted by molar-refractivity contribution is 0.866. The molecule has 0 saturated heterocycles. The summed E-state index contributed by atoms with van der Waals surface area (Å²) in [6, 6.07) is 0.507. The summed E-state index contributed by atoms with van der Waals surface area (Å²) in [5.74, 6) is 1.13. The Morgan fingerprint density at radius 1 is 2.00 bits per heavy atom. The van der Waals surface area contributed by atoms with Gasteiger partial charge in [0.25, 0.3) is 0 Å². The van der Waals surface area contributed by atoms with Gasteiger partial charge in [-0.1, -0.05) is 6.58 Å². The highest BCUT2D eigenvalue weighted by molar-refractivity contribution is 8.14. The monoisotopic (exact) mass is 127 g/mol. The fourth-order valence-corrected chi connectivity index (χ4v) is 1.47. The smallest absolute Gasteiger partial charge is 0.0902 e. The summed E-state index contributed by atoms with van der Waals surface area (Å²) in [7, 11) is 0. The van der Waals surface area contributed by atoms with Crippen LogP contribution in [0.15, 0.2) is 17.6 Å². The van der Waals surface area contributed by atoms with Crippen LogP contribution in [-0.2, 0) is 0 Å². The van der Waals surface area contributed by atoms with E-state index < -0.39 is 0 Å². The van der Waals surface area contributed by atoms with Crippen molar-refractivity contribution in [3.63, 3.8) is 0 Å². The van der Waals surface area contributed by atoms with E-state index in [-0.39, 0.29) is 0 Å². The second-order valence-electron chi connectivity index (χ2n) is 1.83. The topological polar surface area (TPSA) is 12.4 Å². The largest absolute Gasteiger partial charge is 0.275 e. The van der Waals surface area contributed by atoms with E-state index in [1.54, 1.807) is 11.8 Å². The van der Waals surface area contributed by atoms with Crippen molar-refractivity contribution in [2.75, 3.05) is 5.75 Å². The number of nitrogens with zero attached hydrogens (tertiary/aromatic N) is 1. The zero-order valence-corrected chi connectivity index (χ0v) is 5.74. The maximum Gasteiger partial charge on any atom is 0.0902 e. The normalized spacial score (nSPS) is 27.6. The van der Waals surface area contributed by atoms with Crippen LogP contribution < -0.4 is 0 Å². The third-order valence-corrected chi connectivity index (χ3v) is 2.21. The van der Waals surface area contributed by atoms with Crippen molar-refractivity contribution in [3.8, 4) is 0 Å². The van der Waals surface area contributed by atoms with E-state index in [1.165, 1.54) is 0 Å². The van der Waals surface area contributed by atoms with Gasteiger partial charge in [-0.25, -0.2) is 0 Å². The molecule has 0 spiro atoms. The van der Waals surface area contributed by atoms with Crippen molar-refractivity contribution in [2.45, 2.75) is 13.0 Å². The lowest BCUT2D eigenvalue weighted by Gasteiger charge is -1.87. The van der Waals surface area contributed by atoms with Gasteiger partial charge < -0.3 is 0 Å². The first-order valence-electron chi connectivity index (χ1n) is 2.66. The van der Waals surface area contributed by atoms with Gasteiger partial charge in [0, 0.05) is 5.75 Å². The van der Waals surface area contributed by atoms with Gasteiger partial charge in [0.05, 0.1) is 11.1 Å². The highest BCUT2D eigenvalue weighted by Crippen LogP contribution is 2.17. The van der Waals surface area contributed by atoms with Crippen molar-refractivity contribution in [1.82, 2.24) is 0 Å². The summed E-state index contributed by atoms with van der Waals surface area (Å²) in [5.41, 5.74) is 0. The van der Waals surface area contributed by atoms with Crippen LogP contribution in [0.3, 0.4) is 0 Å². The number of rotatable bonds is 1. The fraction of sp³-hybridized carbons (Fsp3) is 0.500. The predicted octanol–water partition coefficient (Wildman–Crippen LogP) is 1.71. The standard InChI is InChI=1S/C6H9NS/c1-3-6-7-5(2)4-8-6/h3,5H,1,4H2,2H3. The van der Waals surface area contributed by atoms with E-state index in [9.17, 15) is 0 Å². The molecule has 1 atom stereocenters. The molecule has 0 bridgehead atoms. The van der Waals surface area contributed by atoms with Crippen LogP contribution in [0.25, 0.3) is 0 Å². The quantitative estimate of drug-likeness (QED) is 0.522. The molecule has 0 saturated carbocycles. The van der Waals surface area contributed by atoms with Crippen molar-refractivity contribution >= 4 is 16.8 Å². The van der Waals surface area contributed by atoms with Crippen LogP contribution in [0, 0.1) is 0 Å². The van der Waals surface area contributed by atoms with Crippen molar-refractivity contribution in [1.29, 1.82) is 0 Å². The van der Waals surface area contributed by atoms with Gasteiger partial charge in [0.2, 0.25) is 0 Å². The van der Waals surface area contributed by atoms with Crippen LogP contribution in [0.4, 0.5) is 0 Å². The summed E-state index contributed by atoms with van der Waals surface area (Å²) < 4.78 is 0. The Hall–Kier alpha value is -0.240. The highest BCUT2D eigenvalue weighted by atomic mass is 32.2. The lowest BCUT2D eigenvalue weighted by Crippen LogP contribution is -1.92. The number of hydrogen-bond acceptors (Lipinski definition) is 2. The molecule has 1 heterocycles. The van der Waals surface area contributed by atoms with Crippen LogP contribution >= 0.6 is 11.8 Å². The van der Waals surface area contributed by atoms with Gasteiger partial charge in [-0.05, 0) is 13.0 Å². The Bertz CT molecular complexity index is 128. The number of aliphatic imine (C=N–C) groups is 1. The van der Waals surface area contributed by atoms with Crippen LogP contribution in [0.1, 0.15) is 6.92 Å². The maximum atomic E-state index is 4.27. The van der Waals surface area contributed by atoms with Crippen LogP contribution in [0.5, 0.6) is 0 Å². The van der Waals surface area contributed by atoms with Crippen molar-refractivity contribution in [3.05, 3.63) is 12.7 Å². The third-order valence-electron chi connectivity index (χ3n) is 0.995. The average Bonchev–Trinajstić information content (AvgIpc) is 2.14. The molecule has 1 nitrogen and oxygen atoms in total. The van der Waals surface area contributed by atoms with E-state index in [0.717, 1.165) is 10.8 Å². The Morgan fingerprint density at radius 3 is 3.00 bits per heavy atom. The van der Waals surface area contributed by atoms with E-state index in [2.05, 4.69) is 18.5 Å². The Morgan fingerprint density at radius 2 is 2.75 bits per heavy atom. The average molecular weight is 127 g/mol. The molecule has 0 aromatic rings. The number of hydrogen-bond donors (Lipinski definition) is 0. The molecule has 1 rings (SSSR count). The first-order chi connectivity index (χ1) is 3.83. The molecular weight excluding hydrogens is 118 g/mol. The second-order valence-corrected chi connectivity index (χ2v) is 2.87. The molecule has 2 heteroatoms. The lowest BCUT2D eigenvalue weighted by atomic mass is 10.4. The van der Waals surface area contributed by atoms with E-state index >= 15 is 0 Å². The molecule has 1 unspecified atom stereocenters. The molecule has 0 aliphatic carbocycles. The first-order valence-corrected chi connectivity index (χ1v) is 3.64. The predicted molar refractivity (Wildman–Crippen MR) is 39.6 cm³/mol. The minimum absolute atomic E-state index is 0.507. The SMILES string of the molecule is C=CC1=NC(C)CS1. The second kappa shape index (κ2) is 2.35. The summed E-state index contributed by atoms with van der Waals surface area (Å²) in [6.07, 6.45) is 1.81. The van der Waals surface area contributed by atoms with Gasteiger partial charge >= 0.3 is 0 Å². The van der Waals surface area contributed by atoms with E-state index in [1.807, 2.05) is 6.08 Å². The molecule has 0 aromatic heterocycles. The van der Waals surface area contributed by atoms with Crippen LogP contribution in [-0.4, -0.2) is 16.8 Å². The molecule has 0 fully saturated rings. The molecule has 0 radical (unpaired) electrons. The molecule has 0 aromatic carbocycles. The van der Waals surface area contributed by atoms with Crippen molar-refractivity contribution < 1.29 is 0 Å². The van der Waals surface area contributed by atoms with Crippen LogP contribution in [0.2, 0.25) is 0 Å². The minimum atomic E-state index is 0.507. The summed E-state index contributed by atoms with van der Waals surface area (Å²) >= 11 is 1.78. The van der Waals surface area contributed by atoms with E-state index in [4.69, 9.17) is 0 Å². The molecule has 1 aliphatic rings. The number of thioether (sulfide) groups is 1. The summed E-state index contributed by atoms with van der Waals surface area (Å²) in [6.45, 7) is 5.74. The zero-order valence-electron chi connectivity index (χ0n) is 4.92. The Kier molecular flexibility index (Phi) is 1.73. The fourth-order valence-electron chi connectivity index (χ4n) is 0.609. The van der Waals surface area contributed by atoms with E-state index in [0.29, 0.717) is 6.04 Å². The van der Waals surface area contributed by atoms with Crippen molar-refractivity contribution in [2.24, 2.45) is 4.99 Å². The molecule has 44 valence electrons. The Balaban J connectivity index is 2.56. The summed E-state index contributed by atoms with van der Waals surface area (Å²) in [4.78, 5) is 4.27. The molecule has 1 aliphatic heterocycles. The maximum absolute atomic E-state index is 4.27. The van der Waals surface area contributed by atoms with Gasteiger partial charge in [-0.2, -0.15) is 0 Å². The molecular formula is C6H9NS. The minimum Gasteiger partial charge on any atom is -0.275 e. The van der Waals surface area contributed by atoms with Gasteiger partial charge in [0.15, 0.2) is 0 Å². The third kappa shape index (κ3) is 1.13. The first kappa shape index (κ1) is 5.89. The van der Waals surface area contributed by atoms with Gasteiger partial charge in [-0.3, -0.25) is 4.99 Å². The zero-order chi connectivity index (χ0) is 5.98. The molecule has 0 N–H and O–H groups in total. The van der Waals surface area contributed by atoms with Gasteiger partial charge in [-0.15, -0.1) is 11.8 Å². The Labute approximate surface area is 53.9 Å². The molecule has 0 amide bonds. The highest BCUT2D eigenvalue weighted by Gasteiger charge is 2.09. The molecule has 8 heavy (non-hydrogen) atoms. The summed E-state index contributed by atoms with van der Waals surface area (Å²) in [5, 5.41) is 1.09. The van der Waals surface area contributed by atoms with Gasteiger partial charge in [0.1, 0.15) is 0 Å².